The Balaban J connectivity index is 1.64. The van der Waals surface area contributed by atoms with Crippen molar-refractivity contribution in [2.45, 2.75) is 63.6 Å². The first-order chi connectivity index (χ1) is 14.6. The molecule has 1 fully saturated rings. The van der Waals surface area contributed by atoms with Gasteiger partial charge in [-0.15, -0.1) is 0 Å². The third kappa shape index (κ3) is 4.23. The van der Waals surface area contributed by atoms with E-state index in [0.29, 0.717) is 27.9 Å². The summed E-state index contributed by atoms with van der Waals surface area (Å²) in [6.07, 6.45) is 1.66. The van der Waals surface area contributed by atoms with Crippen molar-refractivity contribution in [2.75, 3.05) is 6.61 Å². The van der Waals surface area contributed by atoms with Crippen LogP contribution >= 0.6 is 23.2 Å². The quantitative estimate of drug-likeness (QED) is 0.664. The number of aliphatic hydroxyl groups is 2. The summed E-state index contributed by atoms with van der Waals surface area (Å²) < 4.78 is 0. The summed E-state index contributed by atoms with van der Waals surface area (Å²) in [5.74, 6) is 0.466. The molecule has 166 valence electrons. The summed E-state index contributed by atoms with van der Waals surface area (Å²) in [5.41, 5.74) is 3.48. The second-order valence-corrected chi connectivity index (χ2v) is 10.2. The highest BCUT2D eigenvalue weighted by Gasteiger charge is 2.49. The lowest BCUT2D eigenvalue weighted by Gasteiger charge is -2.42. The number of benzene rings is 2. The molecule has 31 heavy (non-hydrogen) atoms. The van der Waals surface area contributed by atoms with Crippen molar-refractivity contribution in [1.82, 2.24) is 4.90 Å². The van der Waals surface area contributed by atoms with Crippen molar-refractivity contribution in [3.05, 3.63) is 68.7 Å². The summed E-state index contributed by atoms with van der Waals surface area (Å²) in [6, 6.07) is 11.0. The Hall–Kier alpha value is -1.59. The van der Waals surface area contributed by atoms with Gasteiger partial charge in [0.2, 0.25) is 5.91 Å². The summed E-state index contributed by atoms with van der Waals surface area (Å²) in [5, 5.41) is 21.5. The SMILES string of the molecule is C[C@H]1c2cccc([C@@H]3C[C@@H]3C(C)(C)O)c2C[C@H](CO)N1C(=O)Cc1c(Cl)cccc1Cl. The Labute approximate surface area is 193 Å². The first-order valence-corrected chi connectivity index (χ1v) is 11.6. The van der Waals surface area contributed by atoms with Crippen LogP contribution < -0.4 is 0 Å². The third-order valence-electron chi connectivity index (χ3n) is 6.93. The molecular formula is C25H29Cl2NO3. The fourth-order valence-corrected chi connectivity index (χ4v) is 5.76. The number of fused-ring (bicyclic) bond motifs is 1. The van der Waals surface area contributed by atoms with Crippen LogP contribution in [0.5, 0.6) is 0 Å². The number of hydrogen-bond acceptors (Lipinski definition) is 3. The van der Waals surface area contributed by atoms with E-state index in [-0.39, 0.29) is 36.9 Å². The molecule has 1 aliphatic carbocycles. The van der Waals surface area contributed by atoms with Crippen LogP contribution in [0.3, 0.4) is 0 Å². The van der Waals surface area contributed by atoms with E-state index < -0.39 is 5.60 Å². The highest BCUT2D eigenvalue weighted by Crippen LogP contribution is 2.55. The zero-order valence-corrected chi connectivity index (χ0v) is 19.6. The lowest BCUT2D eigenvalue weighted by molar-refractivity contribution is -0.137. The number of carbonyl (C=O) groups excluding carboxylic acids is 1. The van der Waals surface area contributed by atoms with Crippen molar-refractivity contribution >= 4 is 29.1 Å². The van der Waals surface area contributed by atoms with Gasteiger partial charge in [0, 0.05) is 10.0 Å². The molecule has 0 saturated heterocycles. The fraction of sp³-hybridized carbons (Fsp3) is 0.480. The van der Waals surface area contributed by atoms with Gasteiger partial charge in [0.15, 0.2) is 0 Å². The maximum absolute atomic E-state index is 13.3. The molecule has 2 aromatic rings. The molecule has 4 rings (SSSR count). The lowest BCUT2D eigenvalue weighted by atomic mass is 9.83. The summed E-state index contributed by atoms with van der Waals surface area (Å²) >= 11 is 12.6. The van der Waals surface area contributed by atoms with Crippen LogP contribution in [-0.2, 0) is 17.6 Å². The largest absolute Gasteiger partial charge is 0.394 e. The molecule has 6 heteroatoms. The van der Waals surface area contributed by atoms with E-state index in [1.165, 1.54) is 11.1 Å². The van der Waals surface area contributed by atoms with E-state index in [4.69, 9.17) is 23.2 Å². The van der Waals surface area contributed by atoms with Crippen LogP contribution in [0.2, 0.25) is 10.0 Å². The maximum Gasteiger partial charge on any atom is 0.227 e. The molecule has 1 heterocycles. The van der Waals surface area contributed by atoms with Crippen molar-refractivity contribution in [1.29, 1.82) is 0 Å². The van der Waals surface area contributed by atoms with E-state index in [0.717, 1.165) is 12.0 Å². The standard InChI is InChI=1S/C25H29Cl2NO3/c1-14-16-6-4-7-17(19-11-21(19)25(2,3)31)18(16)10-15(13-29)28(14)24(30)12-20-22(26)8-5-9-23(20)27/h4-9,14-15,19,21,29,31H,10-13H2,1-3H3/t14-,15+,19-,21-/m0/s1. The summed E-state index contributed by atoms with van der Waals surface area (Å²) in [4.78, 5) is 15.1. The van der Waals surface area contributed by atoms with Crippen LogP contribution in [-0.4, -0.2) is 39.3 Å². The minimum atomic E-state index is -0.708. The Morgan fingerprint density at radius 3 is 2.32 bits per heavy atom. The van der Waals surface area contributed by atoms with Crippen LogP contribution in [0.4, 0.5) is 0 Å². The highest BCUT2D eigenvalue weighted by atomic mass is 35.5. The predicted octanol–water partition coefficient (Wildman–Crippen LogP) is 4.92. The van der Waals surface area contributed by atoms with Crippen LogP contribution in [0.25, 0.3) is 0 Å². The topological polar surface area (TPSA) is 60.8 Å². The molecule has 1 aliphatic heterocycles. The van der Waals surface area contributed by atoms with Crippen molar-refractivity contribution < 1.29 is 15.0 Å². The van der Waals surface area contributed by atoms with E-state index in [2.05, 4.69) is 12.1 Å². The fourth-order valence-electron chi connectivity index (χ4n) is 5.23. The molecule has 1 amide bonds. The van der Waals surface area contributed by atoms with Gasteiger partial charge in [-0.2, -0.15) is 0 Å². The van der Waals surface area contributed by atoms with E-state index in [1.807, 2.05) is 26.8 Å². The molecule has 2 aromatic carbocycles. The number of nitrogens with zero attached hydrogens (tertiary/aromatic N) is 1. The zero-order chi connectivity index (χ0) is 22.5. The van der Waals surface area contributed by atoms with E-state index >= 15 is 0 Å². The van der Waals surface area contributed by atoms with Gasteiger partial charge in [-0.05, 0) is 79.8 Å². The number of halogens is 2. The number of hydrogen-bond donors (Lipinski definition) is 2. The van der Waals surface area contributed by atoms with Crippen LogP contribution in [0, 0.1) is 5.92 Å². The number of carbonyl (C=O) groups is 1. The normalized spacial score (nSPS) is 25.3. The smallest absolute Gasteiger partial charge is 0.227 e. The van der Waals surface area contributed by atoms with Crippen molar-refractivity contribution in [3.8, 4) is 0 Å². The second kappa shape index (κ2) is 8.40. The van der Waals surface area contributed by atoms with Gasteiger partial charge in [0.25, 0.3) is 0 Å². The summed E-state index contributed by atoms with van der Waals surface area (Å²) in [6.45, 7) is 5.63. The van der Waals surface area contributed by atoms with Gasteiger partial charge < -0.3 is 15.1 Å². The molecule has 0 unspecified atom stereocenters. The molecule has 0 bridgehead atoms. The van der Waals surface area contributed by atoms with E-state index in [9.17, 15) is 15.0 Å². The van der Waals surface area contributed by atoms with Gasteiger partial charge in [0.1, 0.15) is 0 Å². The third-order valence-corrected chi connectivity index (χ3v) is 7.64. The van der Waals surface area contributed by atoms with Gasteiger partial charge in [0.05, 0.1) is 30.7 Å². The van der Waals surface area contributed by atoms with Gasteiger partial charge in [-0.3, -0.25) is 4.79 Å². The first-order valence-electron chi connectivity index (χ1n) is 10.8. The monoisotopic (exact) mass is 461 g/mol. The Kier molecular flexibility index (Phi) is 6.12. The highest BCUT2D eigenvalue weighted by molar-refractivity contribution is 6.36. The van der Waals surface area contributed by atoms with Gasteiger partial charge in [-0.25, -0.2) is 0 Å². The molecule has 2 aliphatic rings. The number of aliphatic hydroxyl groups excluding tert-OH is 1. The van der Waals surface area contributed by atoms with Crippen molar-refractivity contribution in [3.63, 3.8) is 0 Å². The molecule has 0 aromatic heterocycles. The molecular weight excluding hydrogens is 433 g/mol. The molecule has 4 nitrogen and oxygen atoms in total. The Bertz CT molecular complexity index is 980. The number of amides is 1. The van der Waals surface area contributed by atoms with Gasteiger partial charge in [-0.1, -0.05) is 47.5 Å². The second-order valence-electron chi connectivity index (χ2n) is 9.41. The molecule has 0 spiro atoms. The van der Waals surface area contributed by atoms with Crippen molar-refractivity contribution in [2.24, 2.45) is 5.92 Å². The Morgan fingerprint density at radius 2 is 1.74 bits per heavy atom. The zero-order valence-electron chi connectivity index (χ0n) is 18.1. The van der Waals surface area contributed by atoms with Crippen LogP contribution in [0.1, 0.15) is 61.4 Å². The van der Waals surface area contributed by atoms with Crippen LogP contribution in [0.15, 0.2) is 36.4 Å². The molecule has 4 atom stereocenters. The average Bonchev–Trinajstić information content (AvgIpc) is 3.51. The average molecular weight is 462 g/mol. The molecule has 1 saturated carbocycles. The minimum absolute atomic E-state index is 0.0950. The van der Waals surface area contributed by atoms with Gasteiger partial charge >= 0.3 is 0 Å². The van der Waals surface area contributed by atoms with E-state index in [1.54, 1.807) is 23.1 Å². The molecule has 0 radical (unpaired) electrons. The summed E-state index contributed by atoms with van der Waals surface area (Å²) in [7, 11) is 0. The molecule has 2 N–H and O–H groups in total. The first kappa shape index (κ1) is 22.6. The minimum Gasteiger partial charge on any atom is -0.394 e. The lowest BCUT2D eigenvalue weighted by Crippen LogP contribution is -2.49. The predicted molar refractivity (Wildman–Crippen MR) is 124 cm³/mol. The number of rotatable bonds is 5. The Morgan fingerprint density at radius 1 is 1.13 bits per heavy atom. The maximum atomic E-state index is 13.3.